The molecule has 0 radical (unpaired) electrons. The number of carbonyl (C=O) groups excluding carboxylic acids is 1. The molecule has 0 aromatic rings. The van der Waals surface area contributed by atoms with Gasteiger partial charge in [-0.2, -0.15) is 0 Å². The van der Waals surface area contributed by atoms with Crippen LogP contribution in [-0.2, 0) is 14.3 Å². The molecule has 9 unspecified atom stereocenters. The molecule has 1 heterocycles. The highest BCUT2D eigenvalue weighted by Crippen LogP contribution is 2.24. The minimum Gasteiger partial charge on any atom is -0.394 e. The van der Waals surface area contributed by atoms with Gasteiger partial charge in [-0.3, -0.25) is 4.79 Å². The van der Waals surface area contributed by atoms with Crippen LogP contribution in [0.2, 0.25) is 0 Å². The number of hydrogen-bond acceptors (Lipinski definition) is 10. The van der Waals surface area contributed by atoms with Crippen molar-refractivity contribution < 1.29 is 50.0 Å². The van der Waals surface area contributed by atoms with E-state index in [9.17, 15) is 40.5 Å². The topological polar surface area (TPSA) is 189 Å². The molecule has 1 fully saturated rings. The third-order valence-electron chi connectivity index (χ3n) is 14.8. The van der Waals surface area contributed by atoms with E-state index >= 15 is 0 Å². The first-order valence-corrected chi connectivity index (χ1v) is 30.1. The molecule has 1 aliphatic heterocycles. The van der Waals surface area contributed by atoms with Crippen LogP contribution < -0.4 is 5.32 Å². The van der Waals surface area contributed by atoms with Gasteiger partial charge in [0.25, 0.3) is 0 Å². The molecule has 11 nitrogen and oxygen atoms in total. The van der Waals surface area contributed by atoms with Gasteiger partial charge in [-0.15, -0.1) is 0 Å². The van der Waals surface area contributed by atoms with Crippen molar-refractivity contribution in [2.24, 2.45) is 0 Å². The first-order valence-electron chi connectivity index (χ1n) is 30.1. The van der Waals surface area contributed by atoms with E-state index in [1.807, 2.05) is 0 Å². The minimum atomic E-state index is -1.66. The zero-order chi connectivity index (χ0) is 51.1. The van der Waals surface area contributed by atoms with Crippen LogP contribution in [0.1, 0.15) is 290 Å². The number of allylic oxidation sites excluding steroid dienone is 2. The van der Waals surface area contributed by atoms with Crippen LogP contribution in [-0.4, -0.2) is 110 Å². The lowest BCUT2D eigenvalue weighted by Gasteiger charge is -2.40. The van der Waals surface area contributed by atoms with E-state index < -0.39 is 74.2 Å². The molecule has 70 heavy (non-hydrogen) atoms. The molecule has 0 spiro atoms. The Morgan fingerprint density at radius 1 is 0.486 bits per heavy atom. The molecule has 1 rings (SSSR count). The van der Waals surface area contributed by atoms with Crippen molar-refractivity contribution in [1.82, 2.24) is 5.32 Å². The summed E-state index contributed by atoms with van der Waals surface area (Å²) in [7, 11) is 0. The van der Waals surface area contributed by atoms with Crippen LogP contribution in [0, 0.1) is 0 Å². The summed E-state index contributed by atoms with van der Waals surface area (Å²) in [4.78, 5) is 13.2. The van der Waals surface area contributed by atoms with E-state index in [0.29, 0.717) is 19.3 Å². The second-order valence-electron chi connectivity index (χ2n) is 21.4. The van der Waals surface area contributed by atoms with Crippen LogP contribution in [0.4, 0.5) is 0 Å². The lowest BCUT2D eigenvalue weighted by atomic mass is 9.98. The second-order valence-corrected chi connectivity index (χ2v) is 21.4. The smallest absolute Gasteiger partial charge is 0.249 e. The lowest BCUT2D eigenvalue weighted by molar-refractivity contribution is -0.303. The standard InChI is InChI=1S/C59H115NO10/c1-3-5-7-9-11-13-15-17-18-19-20-21-22-23-24-25-26-27-28-29-30-31-32-33-34-35-37-39-41-43-45-47-52(63)58(68)60-50(49-69-59-57(67)56(66)55(65)53(48-61)70-59)54(64)51(62)46-44-42-40-38-36-16-14-12-10-8-6-4-2/h23-24,50-57,59,61-67H,3-22,25-49H2,1-2H3,(H,60,68)/b24-23-. The first-order chi connectivity index (χ1) is 34.2. The zero-order valence-corrected chi connectivity index (χ0v) is 45.5. The van der Waals surface area contributed by atoms with Gasteiger partial charge in [-0.05, 0) is 38.5 Å². The van der Waals surface area contributed by atoms with Crippen molar-refractivity contribution in [2.75, 3.05) is 13.2 Å². The minimum absolute atomic E-state index is 0.264. The van der Waals surface area contributed by atoms with E-state index in [-0.39, 0.29) is 6.42 Å². The fourth-order valence-electron chi connectivity index (χ4n) is 9.91. The van der Waals surface area contributed by atoms with Crippen molar-refractivity contribution in [1.29, 1.82) is 0 Å². The molecule has 1 aliphatic rings. The van der Waals surface area contributed by atoms with Crippen LogP contribution >= 0.6 is 0 Å². The van der Waals surface area contributed by atoms with Gasteiger partial charge >= 0.3 is 0 Å². The van der Waals surface area contributed by atoms with Crippen molar-refractivity contribution >= 4 is 5.91 Å². The Morgan fingerprint density at radius 2 is 0.829 bits per heavy atom. The van der Waals surface area contributed by atoms with Crippen molar-refractivity contribution in [3.63, 3.8) is 0 Å². The highest BCUT2D eigenvalue weighted by molar-refractivity contribution is 5.80. The number of nitrogens with one attached hydrogen (secondary N) is 1. The summed E-state index contributed by atoms with van der Waals surface area (Å²) < 4.78 is 11.1. The lowest BCUT2D eigenvalue weighted by Crippen LogP contribution is -2.60. The van der Waals surface area contributed by atoms with Gasteiger partial charge in [0.2, 0.25) is 5.91 Å². The Labute approximate surface area is 430 Å². The molecular weight excluding hydrogens is 883 g/mol. The van der Waals surface area contributed by atoms with Crippen LogP contribution in [0.3, 0.4) is 0 Å². The van der Waals surface area contributed by atoms with Crippen molar-refractivity contribution in [3.8, 4) is 0 Å². The van der Waals surface area contributed by atoms with Gasteiger partial charge in [-0.1, -0.05) is 264 Å². The molecule has 1 saturated heterocycles. The first kappa shape index (κ1) is 66.9. The summed E-state index contributed by atoms with van der Waals surface area (Å²) in [5, 5.41) is 76.0. The molecule has 1 amide bonds. The van der Waals surface area contributed by atoms with E-state index in [1.54, 1.807) is 0 Å². The summed E-state index contributed by atoms with van der Waals surface area (Å²) in [6.07, 6.45) is 45.8. The monoisotopic (exact) mass is 998 g/mol. The zero-order valence-electron chi connectivity index (χ0n) is 45.5. The number of aliphatic hydroxyl groups is 7. The SMILES string of the molecule is CCCCCCCCCCCCCC/C=C\CCCCCCCCCCCCCCCCCC(O)C(=O)NC(COC1OC(CO)C(O)C(O)C1O)C(O)C(O)CCCCCCCCCCCCCC. The van der Waals surface area contributed by atoms with E-state index in [4.69, 9.17) is 9.47 Å². The second kappa shape index (κ2) is 48.8. The largest absolute Gasteiger partial charge is 0.394 e. The van der Waals surface area contributed by atoms with Crippen LogP contribution in [0.5, 0.6) is 0 Å². The van der Waals surface area contributed by atoms with Crippen molar-refractivity contribution in [2.45, 2.75) is 345 Å². The Kier molecular flexibility index (Phi) is 46.6. The molecular formula is C59H115NO10. The fourth-order valence-corrected chi connectivity index (χ4v) is 9.91. The van der Waals surface area contributed by atoms with Crippen molar-refractivity contribution in [3.05, 3.63) is 12.2 Å². The Bertz CT molecular complexity index is 1140. The van der Waals surface area contributed by atoms with Crippen LogP contribution in [0.25, 0.3) is 0 Å². The molecule has 0 saturated carbocycles. The summed E-state index contributed by atoms with van der Waals surface area (Å²) in [6.45, 7) is 3.47. The highest BCUT2D eigenvalue weighted by Gasteiger charge is 2.44. The van der Waals surface area contributed by atoms with Gasteiger partial charge in [0.05, 0.1) is 25.4 Å². The number of aliphatic hydroxyl groups excluding tert-OH is 7. The molecule has 11 heteroatoms. The predicted octanol–water partition coefficient (Wildman–Crippen LogP) is 12.7. The van der Waals surface area contributed by atoms with Gasteiger partial charge < -0.3 is 50.5 Å². The molecule has 0 aromatic heterocycles. The fraction of sp³-hybridized carbons (Fsp3) is 0.949. The molecule has 0 aliphatic carbocycles. The van der Waals surface area contributed by atoms with E-state index in [2.05, 4.69) is 31.3 Å². The van der Waals surface area contributed by atoms with Gasteiger partial charge in [0.15, 0.2) is 6.29 Å². The predicted molar refractivity (Wildman–Crippen MR) is 289 cm³/mol. The third kappa shape index (κ3) is 36.7. The Morgan fingerprint density at radius 3 is 1.20 bits per heavy atom. The molecule has 0 bridgehead atoms. The number of carbonyl (C=O) groups is 1. The average molecular weight is 999 g/mol. The van der Waals surface area contributed by atoms with E-state index in [0.717, 1.165) is 38.5 Å². The normalized spacial score (nSPS) is 20.3. The van der Waals surface area contributed by atoms with Gasteiger partial charge in [0.1, 0.15) is 36.6 Å². The maximum Gasteiger partial charge on any atom is 0.249 e. The molecule has 9 atom stereocenters. The number of unbranched alkanes of at least 4 members (excludes halogenated alkanes) is 38. The summed E-state index contributed by atoms with van der Waals surface area (Å²) in [6, 6.07) is -1.16. The number of amides is 1. The molecule has 416 valence electrons. The van der Waals surface area contributed by atoms with E-state index in [1.165, 1.54) is 212 Å². The summed E-state index contributed by atoms with van der Waals surface area (Å²) in [5.41, 5.74) is 0. The average Bonchev–Trinajstić information content (AvgIpc) is 3.36. The molecule has 8 N–H and O–H groups in total. The third-order valence-corrected chi connectivity index (χ3v) is 14.8. The maximum absolute atomic E-state index is 13.2. The highest BCUT2D eigenvalue weighted by atomic mass is 16.7. The maximum atomic E-state index is 13.2. The Hall–Kier alpha value is -1.15. The van der Waals surface area contributed by atoms with Gasteiger partial charge in [0, 0.05) is 0 Å². The Balaban J connectivity index is 2.18. The summed E-state index contributed by atoms with van der Waals surface area (Å²) in [5.74, 6) is -0.693. The quantitative estimate of drug-likeness (QED) is 0.0215. The summed E-state index contributed by atoms with van der Waals surface area (Å²) >= 11 is 0. The number of rotatable bonds is 52. The number of hydrogen-bond donors (Lipinski definition) is 8. The van der Waals surface area contributed by atoms with Crippen LogP contribution in [0.15, 0.2) is 12.2 Å². The number of ether oxygens (including phenoxy) is 2. The van der Waals surface area contributed by atoms with Gasteiger partial charge in [-0.25, -0.2) is 0 Å². The molecule has 0 aromatic carbocycles.